The third-order valence-electron chi connectivity index (χ3n) is 7.48. The molecule has 0 fully saturated rings. The topological polar surface area (TPSA) is 126 Å². The zero-order chi connectivity index (χ0) is 32.0. The van der Waals surface area contributed by atoms with Crippen LogP contribution in [0.1, 0.15) is 15.9 Å². The van der Waals surface area contributed by atoms with Crippen LogP contribution in [0.3, 0.4) is 0 Å². The molecule has 0 saturated heterocycles. The van der Waals surface area contributed by atoms with Crippen LogP contribution in [0, 0.1) is 17.1 Å². The quantitative estimate of drug-likeness (QED) is 0.203. The maximum Gasteiger partial charge on any atom is 0.255 e. The van der Waals surface area contributed by atoms with Crippen molar-refractivity contribution in [3.05, 3.63) is 89.7 Å². The second kappa shape index (κ2) is 11.4. The second-order valence-corrected chi connectivity index (χ2v) is 13.2. The van der Waals surface area contributed by atoms with E-state index in [0.717, 1.165) is 20.6 Å². The first-order valence-corrected chi connectivity index (χ1v) is 16.2. The average molecular weight is 641 g/mol. The summed E-state index contributed by atoms with van der Waals surface area (Å²) in [6.45, 7) is 0. The second-order valence-electron chi connectivity index (χ2n) is 10.1. The highest BCUT2D eigenvalue weighted by molar-refractivity contribution is 7.92. The molecule has 0 saturated carbocycles. The Morgan fingerprint density at radius 2 is 1.82 bits per heavy atom. The number of methoxy groups -OCH3 is 1. The molecule has 45 heavy (non-hydrogen) atoms. The molecule has 6 rings (SSSR count). The van der Waals surface area contributed by atoms with Crippen molar-refractivity contribution < 1.29 is 26.8 Å². The number of hydrogen-bond acceptors (Lipinski definition) is 8. The number of pyridine rings is 1. The number of benzene rings is 3. The number of sulfonamides is 1. The van der Waals surface area contributed by atoms with Gasteiger partial charge in [0.05, 0.1) is 40.8 Å². The molecule has 9 nitrogen and oxygen atoms in total. The zero-order valence-corrected chi connectivity index (χ0v) is 26.1. The van der Waals surface area contributed by atoms with Gasteiger partial charge < -0.3 is 14.5 Å². The Morgan fingerprint density at radius 1 is 1.09 bits per heavy atom. The molecule has 0 bridgehead atoms. The molecule has 0 aliphatic rings. The lowest BCUT2D eigenvalue weighted by molar-refractivity contribution is 0.0964. The Kier molecular flexibility index (Phi) is 7.52. The van der Waals surface area contributed by atoms with Gasteiger partial charge in [-0.05, 0) is 48.5 Å². The summed E-state index contributed by atoms with van der Waals surface area (Å²) in [6.07, 6.45) is 1.08. The monoisotopic (exact) mass is 640 g/mol. The van der Waals surface area contributed by atoms with Crippen molar-refractivity contribution in [1.82, 2.24) is 10.3 Å². The van der Waals surface area contributed by atoms with Gasteiger partial charge in [-0.25, -0.2) is 17.8 Å². The lowest BCUT2D eigenvalue weighted by atomic mass is 10.0. The van der Waals surface area contributed by atoms with Crippen molar-refractivity contribution in [3.63, 3.8) is 0 Å². The number of carbonyl (C=O) groups excluding carboxylic acids is 1. The standard InChI is InChI=1S/C33H25FN4O5S2/c1-36-33(39)29-22-15-21(25(38(2)45(4,40)41)16-27(22)43-31(29)18-9-11-19(34)12-10-18)24-13-14-26(42-3)30(37-24)32-23(17-35)20-7-5-6-8-28(20)44-32/h5-16H,1-4H3,(H,36,39). The van der Waals surface area contributed by atoms with Gasteiger partial charge in [-0.15, -0.1) is 11.3 Å². The van der Waals surface area contributed by atoms with Crippen LogP contribution in [0.25, 0.3) is 54.2 Å². The van der Waals surface area contributed by atoms with Crippen LogP contribution in [-0.2, 0) is 10.0 Å². The third kappa shape index (κ3) is 5.16. The van der Waals surface area contributed by atoms with Gasteiger partial charge in [-0.2, -0.15) is 5.26 Å². The normalized spacial score (nSPS) is 11.5. The third-order valence-corrected chi connectivity index (χ3v) is 9.85. The number of furan rings is 1. The molecule has 0 unspecified atom stereocenters. The highest BCUT2D eigenvalue weighted by Gasteiger charge is 2.27. The Balaban J connectivity index is 1.66. The van der Waals surface area contributed by atoms with Crippen LogP contribution in [-0.4, -0.2) is 46.8 Å². The summed E-state index contributed by atoms with van der Waals surface area (Å²) in [5, 5.41) is 13.9. The number of thiophene rings is 1. The van der Waals surface area contributed by atoms with Gasteiger partial charge in [0.2, 0.25) is 10.0 Å². The molecule has 226 valence electrons. The molecule has 0 atom stereocenters. The molecule has 0 aliphatic carbocycles. The summed E-state index contributed by atoms with van der Waals surface area (Å²) in [5.74, 6) is -0.276. The lowest BCUT2D eigenvalue weighted by Gasteiger charge is -2.21. The van der Waals surface area contributed by atoms with E-state index in [1.54, 1.807) is 18.2 Å². The maximum absolute atomic E-state index is 13.7. The van der Waals surface area contributed by atoms with Crippen molar-refractivity contribution in [3.8, 4) is 45.0 Å². The fourth-order valence-electron chi connectivity index (χ4n) is 5.18. The summed E-state index contributed by atoms with van der Waals surface area (Å²) in [6, 6.07) is 21.9. The molecule has 1 amide bonds. The van der Waals surface area contributed by atoms with Gasteiger partial charge in [0.25, 0.3) is 5.91 Å². The molecule has 0 spiro atoms. The number of anilines is 1. The minimum Gasteiger partial charge on any atom is -0.494 e. The fourth-order valence-corrected chi connectivity index (χ4v) is 6.83. The summed E-state index contributed by atoms with van der Waals surface area (Å²) in [5.41, 5.74) is 2.75. The van der Waals surface area contributed by atoms with Gasteiger partial charge in [-0.1, -0.05) is 18.2 Å². The van der Waals surface area contributed by atoms with E-state index >= 15 is 0 Å². The van der Waals surface area contributed by atoms with Crippen molar-refractivity contribution in [2.75, 3.05) is 31.8 Å². The van der Waals surface area contributed by atoms with Gasteiger partial charge in [0, 0.05) is 46.8 Å². The van der Waals surface area contributed by atoms with E-state index in [4.69, 9.17) is 14.1 Å². The van der Waals surface area contributed by atoms with Gasteiger partial charge in [-0.3, -0.25) is 9.10 Å². The first kappa shape index (κ1) is 29.8. The number of aromatic nitrogens is 1. The lowest BCUT2D eigenvalue weighted by Crippen LogP contribution is -2.25. The van der Waals surface area contributed by atoms with Crippen LogP contribution >= 0.6 is 11.3 Å². The summed E-state index contributed by atoms with van der Waals surface area (Å²) >= 11 is 1.40. The number of fused-ring (bicyclic) bond motifs is 2. The number of nitrogens with zero attached hydrogens (tertiary/aromatic N) is 3. The van der Waals surface area contributed by atoms with E-state index < -0.39 is 21.7 Å². The number of nitrogens with one attached hydrogen (secondary N) is 1. The molecule has 0 radical (unpaired) electrons. The van der Waals surface area contributed by atoms with Crippen LogP contribution < -0.4 is 14.4 Å². The van der Waals surface area contributed by atoms with E-state index in [0.29, 0.717) is 44.1 Å². The molecule has 0 aliphatic heterocycles. The smallest absolute Gasteiger partial charge is 0.255 e. The maximum atomic E-state index is 13.7. The number of nitriles is 1. The van der Waals surface area contributed by atoms with Crippen LogP contribution in [0.2, 0.25) is 0 Å². The summed E-state index contributed by atoms with van der Waals surface area (Å²) < 4.78 is 53.2. The number of rotatable bonds is 7. The largest absolute Gasteiger partial charge is 0.494 e. The first-order chi connectivity index (χ1) is 21.5. The van der Waals surface area contributed by atoms with Crippen molar-refractivity contribution in [2.45, 2.75) is 0 Å². The SMILES string of the molecule is CNC(=O)c1c(-c2ccc(F)cc2)oc2cc(N(C)S(C)(=O)=O)c(-c3ccc(OC)c(-c4sc5ccccc5c4C#N)n3)cc12. The molecule has 12 heteroatoms. The van der Waals surface area contributed by atoms with Crippen LogP contribution in [0.5, 0.6) is 5.75 Å². The summed E-state index contributed by atoms with van der Waals surface area (Å²) in [4.78, 5) is 18.8. The average Bonchev–Trinajstić information content (AvgIpc) is 3.61. The van der Waals surface area contributed by atoms with E-state index in [1.807, 2.05) is 24.3 Å². The highest BCUT2D eigenvalue weighted by atomic mass is 32.2. The number of carbonyl (C=O) groups is 1. The Hall–Kier alpha value is -5.25. The van der Waals surface area contributed by atoms with E-state index in [9.17, 15) is 22.9 Å². The molecular weight excluding hydrogens is 616 g/mol. The molecule has 6 aromatic rings. The molecule has 1 N–H and O–H groups in total. The van der Waals surface area contributed by atoms with Crippen molar-refractivity contribution in [2.24, 2.45) is 0 Å². The molecule has 3 heterocycles. The van der Waals surface area contributed by atoms with Gasteiger partial charge >= 0.3 is 0 Å². The highest BCUT2D eigenvalue weighted by Crippen LogP contribution is 2.44. The van der Waals surface area contributed by atoms with Crippen LogP contribution in [0.4, 0.5) is 10.1 Å². The fraction of sp³-hybridized carbons (Fsp3) is 0.121. The predicted molar refractivity (Wildman–Crippen MR) is 174 cm³/mol. The number of halogens is 1. The minimum atomic E-state index is -3.76. The van der Waals surface area contributed by atoms with Gasteiger partial charge in [0.1, 0.15) is 34.7 Å². The van der Waals surface area contributed by atoms with Crippen LogP contribution in [0.15, 0.2) is 77.2 Å². The van der Waals surface area contributed by atoms with E-state index in [1.165, 1.54) is 62.9 Å². The van der Waals surface area contributed by atoms with Gasteiger partial charge in [0.15, 0.2) is 0 Å². The number of ether oxygens (including phenoxy) is 1. The Bertz CT molecular complexity index is 2290. The van der Waals surface area contributed by atoms with Crippen molar-refractivity contribution in [1.29, 1.82) is 5.26 Å². The molecule has 3 aromatic carbocycles. The number of hydrogen-bond donors (Lipinski definition) is 1. The Morgan fingerprint density at radius 3 is 2.49 bits per heavy atom. The van der Waals surface area contributed by atoms with E-state index in [-0.39, 0.29) is 22.6 Å². The summed E-state index contributed by atoms with van der Waals surface area (Å²) in [7, 11) is 0.638. The zero-order valence-electron chi connectivity index (χ0n) is 24.5. The first-order valence-electron chi connectivity index (χ1n) is 13.6. The van der Waals surface area contributed by atoms with E-state index in [2.05, 4.69) is 11.4 Å². The number of amides is 1. The Labute approximate surface area is 262 Å². The molecular formula is C33H25FN4O5S2. The minimum absolute atomic E-state index is 0.193. The van der Waals surface area contributed by atoms with Crippen molar-refractivity contribution >= 4 is 54.0 Å². The molecule has 3 aromatic heterocycles. The predicted octanol–water partition coefficient (Wildman–Crippen LogP) is 6.82.